The molecule has 152 valence electrons. The molecular formula is C21H19Cl2NO5. The van der Waals surface area contributed by atoms with Crippen LogP contribution in [0, 0.1) is 5.92 Å². The van der Waals surface area contributed by atoms with Crippen LogP contribution < -0.4 is 9.64 Å². The van der Waals surface area contributed by atoms with Gasteiger partial charge in [0.2, 0.25) is 11.7 Å². The van der Waals surface area contributed by atoms with E-state index in [-0.39, 0.29) is 29.5 Å². The maximum atomic E-state index is 12.4. The normalized spacial score (nSPS) is 16.0. The van der Waals surface area contributed by atoms with Crippen molar-refractivity contribution in [3.8, 4) is 5.75 Å². The van der Waals surface area contributed by atoms with E-state index >= 15 is 0 Å². The number of Topliss-reactive ketones (excluding diaryl/α,β-unsaturated/α-hetero) is 1. The number of nitrogens with zero attached hydrogens (tertiary/aromatic N) is 1. The SMILES string of the molecule is CCOc1ccc(N2C[C@H](C(=O)OCC(=O)c3ccc(Cl)cc3Cl)CC2=O)cc1. The quantitative estimate of drug-likeness (QED) is 0.481. The molecule has 1 amide bonds. The Morgan fingerprint density at radius 3 is 2.52 bits per heavy atom. The number of anilines is 1. The van der Waals surface area contributed by atoms with Crippen LogP contribution in [0.1, 0.15) is 23.7 Å². The average Bonchev–Trinajstić information content (AvgIpc) is 3.08. The molecule has 0 aromatic heterocycles. The molecule has 1 aliphatic rings. The molecule has 0 N–H and O–H groups in total. The summed E-state index contributed by atoms with van der Waals surface area (Å²) in [5, 5.41) is 0.596. The second-order valence-electron chi connectivity index (χ2n) is 6.49. The number of halogens is 2. The fraction of sp³-hybridized carbons (Fsp3) is 0.286. The predicted octanol–water partition coefficient (Wildman–Crippen LogP) is 4.17. The Morgan fingerprint density at radius 2 is 1.86 bits per heavy atom. The monoisotopic (exact) mass is 435 g/mol. The summed E-state index contributed by atoms with van der Waals surface area (Å²) in [5.74, 6) is -1.14. The molecule has 0 bridgehead atoms. The van der Waals surface area contributed by atoms with Crippen molar-refractivity contribution in [1.29, 1.82) is 0 Å². The van der Waals surface area contributed by atoms with Crippen molar-refractivity contribution in [3.05, 3.63) is 58.1 Å². The summed E-state index contributed by atoms with van der Waals surface area (Å²) in [7, 11) is 0. The van der Waals surface area contributed by atoms with E-state index in [0.717, 1.165) is 0 Å². The summed E-state index contributed by atoms with van der Waals surface area (Å²) in [5.41, 5.74) is 0.903. The first-order valence-electron chi connectivity index (χ1n) is 9.07. The van der Waals surface area contributed by atoms with Crippen molar-refractivity contribution in [2.75, 3.05) is 24.7 Å². The molecule has 1 saturated heterocycles. The molecular weight excluding hydrogens is 417 g/mol. The minimum absolute atomic E-state index is 0.0297. The predicted molar refractivity (Wildman–Crippen MR) is 110 cm³/mol. The minimum Gasteiger partial charge on any atom is -0.494 e. The standard InChI is InChI=1S/C21H19Cl2NO5/c1-2-28-16-6-4-15(5-7-16)24-11-13(9-20(24)26)21(27)29-12-19(25)17-8-3-14(22)10-18(17)23/h3-8,10,13H,2,9,11-12H2,1H3/t13-/m1/s1. The van der Waals surface area contributed by atoms with Crippen molar-refractivity contribution >= 4 is 46.5 Å². The number of amides is 1. The maximum absolute atomic E-state index is 12.4. The van der Waals surface area contributed by atoms with Crippen LogP contribution in [0.15, 0.2) is 42.5 Å². The lowest BCUT2D eigenvalue weighted by Gasteiger charge is -2.17. The highest BCUT2D eigenvalue weighted by molar-refractivity contribution is 6.36. The highest BCUT2D eigenvalue weighted by Gasteiger charge is 2.36. The summed E-state index contributed by atoms with van der Waals surface area (Å²) in [6.45, 7) is 2.19. The van der Waals surface area contributed by atoms with Crippen molar-refractivity contribution in [3.63, 3.8) is 0 Å². The van der Waals surface area contributed by atoms with E-state index in [0.29, 0.717) is 23.1 Å². The van der Waals surface area contributed by atoms with Crippen LogP contribution in [-0.2, 0) is 14.3 Å². The summed E-state index contributed by atoms with van der Waals surface area (Å²) in [6, 6.07) is 11.5. The molecule has 0 spiro atoms. The van der Waals surface area contributed by atoms with E-state index in [1.54, 1.807) is 24.3 Å². The van der Waals surface area contributed by atoms with Gasteiger partial charge >= 0.3 is 5.97 Å². The summed E-state index contributed by atoms with van der Waals surface area (Å²) in [4.78, 5) is 38.4. The van der Waals surface area contributed by atoms with Gasteiger partial charge in [-0.05, 0) is 49.4 Å². The molecule has 6 nitrogen and oxygen atoms in total. The van der Waals surface area contributed by atoms with Crippen LogP contribution in [0.2, 0.25) is 10.0 Å². The molecule has 3 rings (SSSR count). The van der Waals surface area contributed by atoms with E-state index in [1.165, 1.54) is 23.1 Å². The van der Waals surface area contributed by atoms with Crippen molar-refractivity contribution in [2.45, 2.75) is 13.3 Å². The minimum atomic E-state index is -0.637. The molecule has 2 aromatic rings. The third-order valence-electron chi connectivity index (χ3n) is 4.49. The Labute approximate surface area is 178 Å². The molecule has 0 saturated carbocycles. The largest absolute Gasteiger partial charge is 0.494 e. The van der Waals surface area contributed by atoms with Gasteiger partial charge in [0.05, 0.1) is 17.5 Å². The highest BCUT2D eigenvalue weighted by Crippen LogP contribution is 2.28. The van der Waals surface area contributed by atoms with Crippen LogP contribution in [0.4, 0.5) is 5.69 Å². The van der Waals surface area contributed by atoms with Gasteiger partial charge < -0.3 is 14.4 Å². The van der Waals surface area contributed by atoms with Crippen LogP contribution in [0.3, 0.4) is 0 Å². The lowest BCUT2D eigenvalue weighted by molar-refractivity contribution is -0.147. The van der Waals surface area contributed by atoms with Crippen molar-refractivity contribution in [2.24, 2.45) is 5.92 Å². The fourth-order valence-electron chi connectivity index (χ4n) is 3.05. The van der Waals surface area contributed by atoms with Gasteiger partial charge in [0.1, 0.15) is 5.75 Å². The number of ether oxygens (including phenoxy) is 2. The Bertz CT molecular complexity index is 929. The van der Waals surface area contributed by atoms with Crippen molar-refractivity contribution < 1.29 is 23.9 Å². The molecule has 1 fully saturated rings. The fourth-order valence-corrected chi connectivity index (χ4v) is 3.57. The number of carbonyl (C=O) groups is 3. The lowest BCUT2D eigenvalue weighted by atomic mass is 10.1. The van der Waals surface area contributed by atoms with Gasteiger partial charge in [0.15, 0.2) is 6.61 Å². The van der Waals surface area contributed by atoms with E-state index in [4.69, 9.17) is 32.7 Å². The summed E-state index contributed by atoms with van der Waals surface area (Å²) >= 11 is 11.8. The molecule has 1 heterocycles. The number of benzene rings is 2. The molecule has 0 radical (unpaired) electrons. The van der Waals surface area contributed by atoms with E-state index in [2.05, 4.69) is 0 Å². The van der Waals surface area contributed by atoms with Crippen molar-refractivity contribution in [1.82, 2.24) is 0 Å². The Kier molecular flexibility index (Phi) is 6.77. The Balaban J connectivity index is 1.58. The van der Waals surface area contributed by atoms with Crippen LogP contribution in [0.5, 0.6) is 5.75 Å². The molecule has 0 aliphatic carbocycles. The second-order valence-corrected chi connectivity index (χ2v) is 7.33. The number of carbonyl (C=O) groups excluding carboxylic acids is 3. The summed E-state index contributed by atoms with van der Waals surface area (Å²) < 4.78 is 10.5. The van der Waals surface area contributed by atoms with Crippen LogP contribution >= 0.6 is 23.2 Å². The zero-order valence-electron chi connectivity index (χ0n) is 15.7. The third-order valence-corrected chi connectivity index (χ3v) is 5.04. The van der Waals surface area contributed by atoms with Crippen LogP contribution in [-0.4, -0.2) is 37.4 Å². The third kappa shape index (κ3) is 5.08. The molecule has 29 heavy (non-hydrogen) atoms. The number of ketones is 1. The van der Waals surface area contributed by atoms with Gasteiger partial charge in [-0.2, -0.15) is 0 Å². The Morgan fingerprint density at radius 1 is 1.14 bits per heavy atom. The van der Waals surface area contributed by atoms with Gasteiger partial charge in [-0.25, -0.2) is 0 Å². The van der Waals surface area contributed by atoms with Gasteiger partial charge in [-0.15, -0.1) is 0 Å². The number of rotatable bonds is 7. The van der Waals surface area contributed by atoms with E-state index in [1.807, 2.05) is 6.92 Å². The maximum Gasteiger partial charge on any atom is 0.311 e. The number of hydrogen-bond donors (Lipinski definition) is 0. The smallest absolute Gasteiger partial charge is 0.311 e. The first kappa shape index (κ1) is 21.1. The molecule has 1 atom stereocenters. The molecule has 0 unspecified atom stereocenters. The average molecular weight is 436 g/mol. The first-order chi connectivity index (χ1) is 13.9. The van der Waals surface area contributed by atoms with Gasteiger partial charge in [-0.3, -0.25) is 14.4 Å². The molecule has 1 aliphatic heterocycles. The zero-order chi connectivity index (χ0) is 21.0. The summed E-state index contributed by atoms with van der Waals surface area (Å²) in [6.07, 6.45) is 0.0297. The second kappa shape index (κ2) is 9.29. The first-order valence-corrected chi connectivity index (χ1v) is 9.82. The zero-order valence-corrected chi connectivity index (χ0v) is 17.2. The molecule has 2 aromatic carbocycles. The van der Waals surface area contributed by atoms with Gasteiger partial charge in [0, 0.05) is 29.2 Å². The van der Waals surface area contributed by atoms with Crippen LogP contribution in [0.25, 0.3) is 0 Å². The topological polar surface area (TPSA) is 72.9 Å². The lowest BCUT2D eigenvalue weighted by Crippen LogP contribution is -2.27. The van der Waals surface area contributed by atoms with Gasteiger partial charge in [-0.1, -0.05) is 23.2 Å². The highest BCUT2D eigenvalue weighted by atomic mass is 35.5. The number of esters is 1. The Hall–Kier alpha value is -2.57. The van der Waals surface area contributed by atoms with E-state index in [9.17, 15) is 14.4 Å². The molecule has 8 heteroatoms. The van der Waals surface area contributed by atoms with E-state index < -0.39 is 24.3 Å². The van der Waals surface area contributed by atoms with Gasteiger partial charge in [0.25, 0.3) is 0 Å². The number of hydrogen-bond acceptors (Lipinski definition) is 5.